The Balaban J connectivity index is 2.87. The Morgan fingerprint density at radius 2 is 1.44 bits per heavy atom. The number of benzene rings is 1. The van der Waals surface area contributed by atoms with Crippen molar-refractivity contribution in [2.45, 2.75) is 45.2 Å². The van der Waals surface area contributed by atoms with Crippen LogP contribution in [0.15, 0.2) is 24.3 Å². The van der Waals surface area contributed by atoms with Crippen LogP contribution in [0.3, 0.4) is 0 Å². The van der Waals surface area contributed by atoms with Gasteiger partial charge in [0.25, 0.3) is 0 Å². The van der Waals surface area contributed by atoms with Crippen LogP contribution in [0, 0.1) is 0 Å². The molecule has 0 radical (unpaired) electrons. The van der Waals surface area contributed by atoms with E-state index in [9.17, 15) is 13.2 Å². The van der Waals surface area contributed by atoms with Gasteiger partial charge in [-0.15, -0.1) is 0 Å². The van der Waals surface area contributed by atoms with Crippen LogP contribution in [-0.2, 0) is 0 Å². The van der Waals surface area contributed by atoms with Crippen LogP contribution < -0.4 is 0 Å². The highest BCUT2D eigenvalue weighted by Gasteiger charge is 2.36. The summed E-state index contributed by atoms with van der Waals surface area (Å²) in [6.45, 7) is 5.33. The molecule has 0 aliphatic heterocycles. The first-order valence-electron chi connectivity index (χ1n) is 5.52. The van der Waals surface area contributed by atoms with E-state index >= 15 is 0 Å². The predicted molar refractivity (Wildman–Crippen MR) is 59.6 cm³/mol. The molecule has 2 atom stereocenters. The van der Waals surface area contributed by atoms with Crippen LogP contribution in [0.25, 0.3) is 0 Å². The van der Waals surface area contributed by atoms with Crippen LogP contribution in [0.4, 0.5) is 13.2 Å². The first kappa shape index (κ1) is 13.1. The van der Waals surface area contributed by atoms with Gasteiger partial charge in [0.05, 0.1) is 5.92 Å². The Morgan fingerprint density at radius 1 is 1.00 bits per heavy atom. The molecule has 3 heteroatoms. The molecule has 0 aliphatic carbocycles. The van der Waals surface area contributed by atoms with Crippen molar-refractivity contribution in [3.8, 4) is 0 Å². The Morgan fingerprint density at radius 3 is 1.81 bits per heavy atom. The van der Waals surface area contributed by atoms with Crippen LogP contribution in [0.5, 0.6) is 0 Å². The number of rotatable bonds is 3. The van der Waals surface area contributed by atoms with Crippen molar-refractivity contribution in [1.82, 2.24) is 0 Å². The predicted octanol–water partition coefficient (Wildman–Crippen LogP) is 4.87. The molecule has 0 nitrogen and oxygen atoms in total. The van der Waals surface area contributed by atoms with Crippen LogP contribution in [0.1, 0.15) is 50.2 Å². The fourth-order valence-corrected chi connectivity index (χ4v) is 1.54. The fraction of sp³-hybridized carbons (Fsp3) is 0.538. The molecule has 0 aliphatic rings. The van der Waals surface area contributed by atoms with Crippen molar-refractivity contribution >= 4 is 0 Å². The fourth-order valence-electron chi connectivity index (χ4n) is 1.54. The SMILES string of the molecule is CCC(C)c1ccc(C(C)C(F)(F)F)cc1. The summed E-state index contributed by atoms with van der Waals surface area (Å²) in [6, 6.07) is 6.76. The normalized spacial score (nSPS) is 15.9. The zero-order valence-corrected chi connectivity index (χ0v) is 9.81. The molecular formula is C13H17F3. The summed E-state index contributed by atoms with van der Waals surface area (Å²) in [6.07, 6.45) is -3.16. The summed E-state index contributed by atoms with van der Waals surface area (Å²) < 4.78 is 37.4. The molecule has 1 aromatic rings. The second-order valence-corrected chi connectivity index (χ2v) is 4.24. The molecule has 0 amide bonds. The first-order valence-corrected chi connectivity index (χ1v) is 5.52. The number of hydrogen-bond acceptors (Lipinski definition) is 0. The van der Waals surface area contributed by atoms with Crippen molar-refractivity contribution in [1.29, 1.82) is 0 Å². The van der Waals surface area contributed by atoms with Gasteiger partial charge in [0.2, 0.25) is 0 Å². The zero-order valence-electron chi connectivity index (χ0n) is 9.81. The molecule has 0 saturated heterocycles. The smallest absolute Gasteiger partial charge is 0.170 e. The van der Waals surface area contributed by atoms with Gasteiger partial charge >= 0.3 is 6.18 Å². The van der Waals surface area contributed by atoms with E-state index in [0.29, 0.717) is 11.5 Å². The van der Waals surface area contributed by atoms with Crippen molar-refractivity contribution < 1.29 is 13.2 Å². The third-order valence-electron chi connectivity index (χ3n) is 3.11. The topological polar surface area (TPSA) is 0 Å². The van der Waals surface area contributed by atoms with Crippen molar-refractivity contribution in [3.05, 3.63) is 35.4 Å². The standard InChI is InChI=1S/C13H17F3/c1-4-9(2)11-5-7-12(8-6-11)10(3)13(14,15)16/h5-10H,4H2,1-3H3. The highest BCUT2D eigenvalue weighted by Crippen LogP contribution is 2.34. The van der Waals surface area contributed by atoms with Crippen molar-refractivity contribution in [2.24, 2.45) is 0 Å². The van der Waals surface area contributed by atoms with Gasteiger partial charge in [-0.25, -0.2) is 0 Å². The van der Waals surface area contributed by atoms with Crippen molar-refractivity contribution in [3.63, 3.8) is 0 Å². The lowest BCUT2D eigenvalue weighted by molar-refractivity contribution is -0.146. The van der Waals surface area contributed by atoms with E-state index in [1.165, 1.54) is 6.92 Å². The molecule has 1 rings (SSSR count). The van der Waals surface area contributed by atoms with E-state index in [1.807, 2.05) is 0 Å². The molecule has 16 heavy (non-hydrogen) atoms. The minimum Gasteiger partial charge on any atom is -0.170 e. The lowest BCUT2D eigenvalue weighted by Gasteiger charge is -2.17. The van der Waals surface area contributed by atoms with E-state index in [4.69, 9.17) is 0 Å². The van der Waals surface area contributed by atoms with Crippen LogP contribution in [-0.4, -0.2) is 6.18 Å². The molecule has 0 spiro atoms. The quantitative estimate of drug-likeness (QED) is 0.695. The second kappa shape index (κ2) is 4.89. The average molecular weight is 230 g/mol. The molecular weight excluding hydrogens is 213 g/mol. The Hall–Kier alpha value is -0.990. The van der Waals surface area contributed by atoms with Gasteiger partial charge in [-0.05, 0) is 30.4 Å². The molecule has 0 bridgehead atoms. The summed E-state index contributed by atoms with van der Waals surface area (Å²) in [5.41, 5.74) is 1.43. The minimum absolute atomic E-state index is 0.333. The first-order chi connectivity index (χ1) is 7.36. The second-order valence-electron chi connectivity index (χ2n) is 4.24. The highest BCUT2D eigenvalue weighted by atomic mass is 19.4. The molecule has 0 N–H and O–H groups in total. The zero-order chi connectivity index (χ0) is 12.3. The van der Waals surface area contributed by atoms with E-state index in [-0.39, 0.29) is 0 Å². The van der Waals surface area contributed by atoms with Gasteiger partial charge in [0.1, 0.15) is 0 Å². The maximum absolute atomic E-state index is 12.5. The van der Waals surface area contributed by atoms with E-state index in [0.717, 1.165) is 12.0 Å². The van der Waals surface area contributed by atoms with Gasteiger partial charge in [-0.3, -0.25) is 0 Å². The summed E-state index contributed by atoms with van der Waals surface area (Å²) in [5, 5.41) is 0. The van der Waals surface area contributed by atoms with E-state index < -0.39 is 12.1 Å². The van der Waals surface area contributed by atoms with Crippen molar-refractivity contribution in [2.75, 3.05) is 0 Å². The summed E-state index contributed by atoms with van der Waals surface area (Å²) in [5.74, 6) is -0.992. The molecule has 0 aromatic heterocycles. The van der Waals surface area contributed by atoms with Gasteiger partial charge in [0.15, 0.2) is 0 Å². The van der Waals surface area contributed by atoms with Crippen LogP contribution in [0.2, 0.25) is 0 Å². The van der Waals surface area contributed by atoms with E-state index in [1.54, 1.807) is 24.3 Å². The third-order valence-corrected chi connectivity index (χ3v) is 3.11. The number of alkyl halides is 3. The molecule has 0 heterocycles. The molecule has 0 saturated carbocycles. The average Bonchev–Trinajstić information content (AvgIpc) is 2.26. The van der Waals surface area contributed by atoms with Gasteiger partial charge in [-0.1, -0.05) is 38.1 Å². The molecule has 0 fully saturated rings. The lowest BCUT2D eigenvalue weighted by Crippen LogP contribution is -2.17. The van der Waals surface area contributed by atoms with Gasteiger partial charge in [-0.2, -0.15) is 13.2 Å². The molecule has 2 unspecified atom stereocenters. The minimum atomic E-state index is -4.15. The largest absolute Gasteiger partial charge is 0.395 e. The Bertz CT molecular complexity index is 324. The summed E-state index contributed by atoms with van der Waals surface area (Å²) >= 11 is 0. The Labute approximate surface area is 94.5 Å². The molecule has 90 valence electrons. The monoisotopic (exact) mass is 230 g/mol. The highest BCUT2D eigenvalue weighted by molar-refractivity contribution is 5.27. The van der Waals surface area contributed by atoms with Gasteiger partial charge < -0.3 is 0 Å². The Kier molecular flexibility index (Phi) is 4.00. The maximum atomic E-state index is 12.5. The molecule has 1 aromatic carbocycles. The van der Waals surface area contributed by atoms with E-state index in [2.05, 4.69) is 13.8 Å². The maximum Gasteiger partial charge on any atom is 0.395 e. The lowest BCUT2D eigenvalue weighted by atomic mass is 9.94. The van der Waals surface area contributed by atoms with Crippen LogP contribution >= 0.6 is 0 Å². The third kappa shape index (κ3) is 3.00. The summed E-state index contributed by atoms with van der Waals surface area (Å²) in [4.78, 5) is 0. The number of halogens is 3. The van der Waals surface area contributed by atoms with Gasteiger partial charge in [0, 0.05) is 0 Å². The number of hydrogen-bond donors (Lipinski definition) is 0. The summed E-state index contributed by atoms with van der Waals surface area (Å²) in [7, 11) is 0.